The van der Waals surface area contributed by atoms with Crippen LogP contribution in [0.4, 0.5) is 0 Å². The third-order valence-corrected chi connectivity index (χ3v) is 4.46. The Labute approximate surface area is 130 Å². The summed E-state index contributed by atoms with van der Waals surface area (Å²) in [6, 6.07) is 9.68. The van der Waals surface area contributed by atoms with Crippen molar-refractivity contribution in [3.8, 4) is 0 Å². The molecular weight excluding hydrogens is 256 g/mol. The minimum Gasteiger partial charge on any atom is -0.312 e. The van der Waals surface area contributed by atoms with Crippen molar-refractivity contribution < 1.29 is 0 Å². The Morgan fingerprint density at radius 2 is 1.86 bits per heavy atom. The first-order chi connectivity index (χ1) is 10.3. The van der Waals surface area contributed by atoms with Crippen molar-refractivity contribution in [2.45, 2.75) is 52.0 Å². The largest absolute Gasteiger partial charge is 0.312 e. The Morgan fingerprint density at radius 1 is 1.14 bits per heavy atom. The first-order valence-corrected chi connectivity index (χ1v) is 8.75. The Kier molecular flexibility index (Phi) is 6.72. The van der Waals surface area contributed by atoms with Crippen LogP contribution in [0.3, 0.4) is 0 Å². The van der Waals surface area contributed by atoms with Gasteiger partial charge in [-0.15, -0.1) is 0 Å². The molecule has 1 aliphatic carbocycles. The van der Waals surface area contributed by atoms with Crippen molar-refractivity contribution in [3.63, 3.8) is 0 Å². The van der Waals surface area contributed by atoms with E-state index in [9.17, 15) is 0 Å². The molecule has 1 aliphatic rings. The molecule has 0 aliphatic heterocycles. The number of benzene rings is 1. The minimum atomic E-state index is 0.450. The van der Waals surface area contributed by atoms with Crippen LogP contribution in [0, 0.1) is 5.92 Å². The highest BCUT2D eigenvalue weighted by molar-refractivity contribution is 5.25. The minimum absolute atomic E-state index is 0.450. The van der Waals surface area contributed by atoms with Gasteiger partial charge in [-0.2, -0.15) is 0 Å². The van der Waals surface area contributed by atoms with Gasteiger partial charge in [-0.3, -0.25) is 0 Å². The van der Waals surface area contributed by atoms with E-state index in [-0.39, 0.29) is 0 Å². The van der Waals surface area contributed by atoms with Crippen molar-refractivity contribution in [2.75, 3.05) is 26.7 Å². The maximum atomic E-state index is 3.51. The van der Waals surface area contributed by atoms with Crippen molar-refractivity contribution >= 4 is 0 Å². The van der Waals surface area contributed by atoms with Crippen molar-refractivity contribution in [1.29, 1.82) is 0 Å². The fourth-order valence-corrected chi connectivity index (χ4v) is 3.07. The highest BCUT2D eigenvalue weighted by atomic mass is 15.1. The lowest BCUT2D eigenvalue weighted by Gasteiger charge is -2.27. The zero-order valence-electron chi connectivity index (χ0n) is 14.1. The zero-order chi connectivity index (χ0) is 15.1. The van der Waals surface area contributed by atoms with Gasteiger partial charge < -0.3 is 10.2 Å². The second kappa shape index (κ2) is 8.55. The maximum Gasteiger partial charge on any atom is 0.0446 e. The summed E-state index contributed by atoms with van der Waals surface area (Å²) in [5, 5.41) is 3.51. The van der Waals surface area contributed by atoms with Gasteiger partial charge in [0, 0.05) is 19.1 Å². The smallest absolute Gasteiger partial charge is 0.0446 e. The predicted octanol–water partition coefficient (Wildman–Crippen LogP) is 4.02. The quantitative estimate of drug-likeness (QED) is 0.699. The molecule has 0 spiro atoms. The van der Waals surface area contributed by atoms with Crippen molar-refractivity contribution in [1.82, 2.24) is 10.2 Å². The highest BCUT2D eigenvalue weighted by Crippen LogP contribution is 2.30. The molecule has 0 heterocycles. The lowest BCUT2D eigenvalue weighted by molar-refractivity contribution is 0.237. The molecule has 1 unspecified atom stereocenters. The summed E-state index contributed by atoms with van der Waals surface area (Å²) in [6.45, 7) is 8.18. The van der Waals surface area contributed by atoms with Gasteiger partial charge in [0.05, 0.1) is 0 Å². The van der Waals surface area contributed by atoms with Gasteiger partial charge in [0.15, 0.2) is 0 Å². The van der Waals surface area contributed by atoms with E-state index < -0.39 is 0 Å². The van der Waals surface area contributed by atoms with E-state index in [2.05, 4.69) is 55.4 Å². The van der Waals surface area contributed by atoms with Crippen LogP contribution in [0.2, 0.25) is 0 Å². The van der Waals surface area contributed by atoms with E-state index in [1.165, 1.54) is 56.3 Å². The highest BCUT2D eigenvalue weighted by Gasteiger charge is 2.25. The number of aryl methyl sites for hydroxylation is 1. The summed E-state index contributed by atoms with van der Waals surface area (Å²) in [6.07, 6.45) is 6.54. The summed E-state index contributed by atoms with van der Waals surface area (Å²) >= 11 is 0. The third kappa shape index (κ3) is 5.44. The predicted molar refractivity (Wildman–Crippen MR) is 91.7 cm³/mol. The van der Waals surface area contributed by atoms with Gasteiger partial charge in [-0.1, -0.05) is 44.5 Å². The standard InChI is InChI=1S/C19H32N2/c1-4-6-16-9-11-18(12-10-16)19(20-3)15-21(13-5-2)14-17-7-8-17/h9-12,17,19-20H,4-8,13-15H2,1-3H3. The molecule has 1 saturated carbocycles. The molecule has 2 rings (SSSR count). The summed E-state index contributed by atoms with van der Waals surface area (Å²) in [5.41, 5.74) is 2.88. The first kappa shape index (κ1) is 16.5. The Morgan fingerprint density at radius 3 is 2.38 bits per heavy atom. The van der Waals surface area contributed by atoms with Crippen molar-refractivity contribution in [3.05, 3.63) is 35.4 Å². The number of rotatable bonds is 10. The van der Waals surface area contributed by atoms with E-state index in [0.29, 0.717) is 6.04 Å². The molecule has 118 valence electrons. The topological polar surface area (TPSA) is 15.3 Å². The van der Waals surface area contributed by atoms with Gasteiger partial charge in [-0.05, 0) is 56.3 Å². The monoisotopic (exact) mass is 288 g/mol. The van der Waals surface area contributed by atoms with E-state index >= 15 is 0 Å². The second-order valence-corrected chi connectivity index (χ2v) is 6.54. The molecule has 1 atom stereocenters. The van der Waals surface area contributed by atoms with Crippen molar-refractivity contribution in [2.24, 2.45) is 5.92 Å². The van der Waals surface area contributed by atoms with Crippen LogP contribution in [0.5, 0.6) is 0 Å². The molecule has 0 bridgehead atoms. The molecule has 1 aromatic carbocycles. The van der Waals surface area contributed by atoms with Gasteiger partial charge in [0.25, 0.3) is 0 Å². The lowest BCUT2D eigenvalue weighted by Crippen LogP contribution is -2.35. The molecule has 0 aromatic heterocycles. The molecule has 1 aromatic rings. The van der Waals surface area contributed by atoms with E-state index in [1.807, 2.05) is 0 Å². The average molecular weight is 288 g/mol. The number of nitrogens with zero attached hydrogens (tertiary/aromatic N) is 1. The van der Waals surface area contributed by atoms with E-state index in [1.54, 1.807) is 0 Å². The number of likely N-dealkylation sites (N-methyl/N-ethyl adjacent to an activating group) is 1. The lowest BCUT2D eigenvalue weighted by atomic mass is 10.0. The third-order valence-electron chi connectivity index (χ3n) is 4.46. The Hall–Kier alpha value is -0.860. The number of hydrogen-bond donors (Lipinski definition) is 1. The molecule has 0 amide bonds. The average Bonchev–Trinajstić information content (AvgIpc) is 3.30. The SMILES string of the molecule is CCCc1ccc(C(CN(CCC)CC2CC2)NC)cc1. The van der Waals surface area contributed by atoms with E-state index in [4.69, 9.17) is 0 Å². The van der Waals surface area contributed by atoms with Crippen LogP contribution in [0.1, 0.15) is 56.7 Å². The van der Waals surface area contributed by atoms with E-state index in [0.717, 1.165) is 12.5 Å². The fraction of sp³-hybridized carbons (Fsp3) is 0.684. The molecule has 0 radical (unpaired) electrons. The number of nitrogens with one attached hydrogen (secondary N) is 1. The van der Waals surface area contributed by atoms with Crippen LogP contribution >= 0.6 is 0 Å². The second-order valence-electron chi connectivity index (χ2n) is 6.54. The fourth-order valence-electron chi connectivity index (χ4n) is 3.07. The van der Waals surface area contributed by atoms with Crippen LogP contribution in [-0.4, -0.2) is 31.6 Å². The summed E-state index contributed by atoms with van der Waals surface area (Å²) in [4.78, 5) is 2.65. The molecule has 21 heavy (non-hydrogen) atoms. The molecule has 0 saturated heterocycles. The van der Waals surface area contributed by atoms with Crippen LogP contribution in [0.25, 0.3) is 0 Å². The van der Waals surface area contributed by atoms with Gasteiger partial charge in [0.2, 0.25) is 0 Å². The zero-order valence-corrected chi connectivity index (χ0v) is 14.1. The van der Waals surface area contributed by atoms with Crippen LogP contribution in [-0.2, 0) is 6.42 Å². The molecule has 2 heteroatoms. The Balaban J connectivity index is 1.95. The molecule has 2 nitrogen and oxygen atoms in total. The normalized spacial score (nSPS) is 16.4. The van der Waals surface area contributed by atoms with Gasteiger partial charge in [-0.25, -0.2) is 0 Å². The molecule has 1 N–H and O–H groups in total. The van der Waals surface area contributed by atoms with Gasteiger partial charge >= 0.3 is 0 Å². The van der Waals surface area contributed by atoms with Crippen LogP contribution in [0.15, 0.2) is 24.3 Å². The maximum absolute atomic E-state index is 3.51. The summed E-state index contributed by atoms with van der Waals surface area (Å²) < 4.78 is 0. The van der Waals surface area contributed by atoms with Gasteiger partial charge in [0.1, 0.15) is 0 Å². The Bertz CT molecular complexity index is 395. The summed E-state index contributed by atoms with van der Waals surface area (Å²) in [7, 11) is 2.09. The van der Waals surface area contributed by atoms with Crippen LogP contribution < -0.4 is 5.32 Å². The summed E-state index contributed by atoms with van der Waals surface area (Å²) in [5.74, 6) is 0.973. The number of hydrogen-bond acceptors (Lipinski definition) is 2. The molecular formula is C19H32N2. The first-order valence-electron chi connectivity index (χ1n) is 8.75. The molecule has 1 fully saturated rings.